The Morgan fingerprint density at radius 1 is 1.00 bits per heavy atom. The lowest BCUT2D eigenvalue weighted by molar-refractivity contribution is 1.13. The number of benzene rings is 2. The second kappa shape index (κ2) is 4.88. The van der Waals surface area contributed by atoms with E-state index in [-0.39, 0.29) is 0 Å². The molecule has 0 saturated carbocycles. The van der Waals surface area contributed by atoms with Gasteiger partial charge in [0.25, 0.3) is 0 Å². The van der Waals surface area contributed by atoms with E-state index in [1.165, 1.54) is 22.4 Å². The molecule has 0 aliphatic heterocycles. The summed E-state index contributed by atoms with van der Waals surface area (Å²) in [4.78, 5) is 2.10. The molecule has 0 unspecified atom stereocenters. The van der Waals surface area contributed by atoms with Gasteiger partial charge in [0.15, 0.2) is 0 Å². The van der Waals surface area contributed by atoms with E-state index in [1.807, 2.05) is 26.2 Å². The minimum Gasteiger partial charge on any atom is -0.378 e. The molecule has 0 heterocycles. The first-order chi connectivity index (χ1) is 8.22. The molecule has 0 saturated heterocycles. The van der Waals surface area contributed by atoms with Crippen LogP contribution in [0.3, 0.4) is 0 Å². The summed E-state index contributed by atoms with van der Waals surface area (Å²) in [6.45, 7) is 3.90. The van der Waals surface area contributed by atoms with Crippen LogP contribution in [0.15, 0.2) is 55.1 Å². The van der Waals surface area contributed by atoms with Gasteiger partial charge in [-0.05, 0) is 28.8 Å². The molecule has 1 heteroatoms. The van der Waals surface area contributed by atoms with Gasteiger partial charge in [0.1, 0.15) is 0 Å². The number of nitrogens with zero attached hydrogens (tertiary/aromatic N) is 1. The highest BCUT2D eigenvalue weighted by atomic mass is 15.1. The summed E-state index contributed by atoms with van der Waals surface area (Å²) >= 11 is 0. The van der Waals surface area contributed by atoms with Gasteiger partial charge in [0.05, 0.1) is 0 Å². The van der Waals surface area contributed by atoms with Crippen LogP contribution in [-0.2, 0) is 0 Å². The molecule has 0 spiro atoms. The van der Waals surface area contributed by atoms with Crippen molar-refractivity contribution in [1.82, 2.24) is 0 Å². The van der Waals surface area contributed by atoms with Gasteiger partial charge < -0.3 is 4.90 Å². The Labute approximate surface area is 103 Å². The predicted molar refractivity (Wildman–Crippen MR) is 76.3 cm³/mol. The lowest BCUT2D eigenvalue weighted by atomic mass is 9.99. The Kier molecular flexibility index (Phi) is 3.29. The Morgan fingerprint density at radius 3 is 2.29 bits per heavy atom. The second-order valence-electron chi connectivity index (χ2n) is 4.24. The summed E-state index contributed by atoms with van der Waals surface area (Å²) in [5.74, 6) is 0. The summed E-state index contributed by atoms with van der Waals surface area (Å²) in [6, 6.07) is 16.8. The molecule has 17 heavy (non-hydrogen) atoms. The summed E-state index contributed by atoms with van der Waals surface area (Å²) in [6.07, 6.45) is 1.91. The van der Waals surface area contributed by atoms with Gasteiger partial charge in [0.2, 0.25) is 0 Å². The molecule has 0 aliphatic carbocycles. The van der Waals surface area contributed by atoms with E-state index in [9.17, 15) is 0 Å². The first-order valence-electron chi connectivity index (χ1n) is 5.71. The monoisotopic (exact) mass is 223 g/mol. The summed E-state index contributed by atoms with van der Waals surface area (Å²) < 4.78 is 0. The van der Waals surface area contributed by atoms with Crippen LogP contribution in [0.1, 0.15) is 5.56 Å². The molecule has 0 N–H and O–H groups in total. The molecule has 86 valence electrons. The number of hydrogen-bond acceptors (Lipinski definition) is 1. The normalized spacial score (nSPS) is 10.0. The smallest absolute Gasteiger partial charge is 0.0367 e. The lowest BCUT2D eigenvalue weighted by Gasteiger charge is -2.15. The minimum atomic E-state index is 1.17. The quantitative estimate of drug-likeness (QED) is 0.758. The van der Waals surface area contributed by atoms with Gasteiger partial charge in [-0.15, -0.1) is 0 Å². The molecule has 2 rings (SSSR count). The Morgan fingerprint density at radius 2 is 1.71 bits per heavy atom. The van der Waals surface area contributed by atoms with Crippen LogP contribution in [0.5, 0.6) is 0 Å². The average molecular weight is 223 g/mol. The van der Waals surface area contributed by atoms with Crippen molar-refractivity contribution in [3.8, 4) is 11.1 Å². The van der Waals surface area contributed by atoms with Crippen molar-refractivity contribution in [1.29, 1.82) is 0 Å². The van der Waals surface area contributed by atoms with E-state index in [0.717, 1.165) is 0 Å². The zero-order valence-corrected chi connectivity index (χ0v) is 10.4. The number of anilines is 1. The number of hydrogen-bond donors (Lipinski definition) is 0. The van der Waals surface area contributed by atoms with Crippen molar-refractivity contribution >= 4 is 11.8 Å². The predicted octanol–water partition coefficient (Wildman–Crippen LogP) is 4.06. The van der Waals surface area contributed by atoms with E-state index in [2.05, 4.69) is 53.9 Å². The zero-order valence-electron chi connectivity index (χ0n) is 10.4. The summed E-state index contributed by atoms with van der Waals surface area (Å²) in [5.41, 5.74) is 4.82. The van der Waals surface area contributed by atoms with Gasteiger partial charge in [-0.3, -0.25) is 0 Å². The van der Waals surface area contributed by atoms with Crippen molar-refractivity contribution in [2.75, 3.05) is 19.0 Å². The molecule has 0 amide bonds. The molecule has 1 nitrogen and oxygen atoms in total. The topological polar surface area (TPSA) is 3.24 Å². The third kappa shape index (κ3) is 2.39. The lowest BCUT2D eigenvalue weighted by Crippen LogP contribution is -2.08. The van der Waals surface area contributed by atoms with Crippen LogP contribution in [0.2, 0.25) is 0 Å². The molecule has 0 aliphatic rings. The SMILES string of the molecule is C=Cc1cc(N(C)C)ccc1-c1ccccc1. The first kappa shape index (κ1) is 11.5. The van der Waals surface area contributed by atoms with Gasteiger partial charge in [0, 0.05) is 19.8 Å². The molecule has 0 fully saturated rings. The van der Waals surface area contributed by atoms with E-state index >= 15 is 0 Å². The second-order valence-corrected chi connectivity index (χ2v) is 4.24. The van der Waals surface area contributed by atoms with Crippen molar-refractivity contribution in [2.24, 2.45) is 0 Å². The zero-order chi connectivity index (χ0) is 12.3. The highest BCUT2D eigenvalue weighted by Gasteiger charge is 2.04. The number of rotatable bonds is 3. The molecular formula is C16H17N. The van der Waals surface area contributed by atoms with Crippen LogP contribution in [0.25, 0.3) is 17.2 Å². The van der Waals surface area contributed by atoms with Crippen molar-refractivity contribution in [3.63, 3.8) is 0 Å². The Hall–Kier alpha value is -2.02. The third-order valence-corrected chi connectivity index (χ3v) is 2.86. The molecule has 0 aromatic heterocycles. The highest BCUT2D eigenvalue weighted by molar-refractivity contribution is 5.77. The van der Waals surface area contributed by atoms with Gasteiger partial charge in [-0.2, -0.15) is 0 Å². The summed E-state index contributed by atoms with van der Waals surface area (Å²) in [7, 11) is 4.09. The highest BCUT2D eigenvalue weighted by Crippen LogP contribution is 2.27. The van der Waals surface area contributed by atoms with Gasteiger partial charge in [-0.25, -0.2) is 0 Å². The van der Waals surface area contributed by atoms with Gasteiger partial charge in [-0.1, -0.05) is 49.1 Å². The first-order valence-corrected chi connectivity index (χ1v) is 5.71. The molecule has 2 aromatic rings. The minimum absolute atomic E-state index is 1.17. The molecule has 2 aromatic carbocycles. The van der Waals surface area contributed by atoms with Crippen LogP contribution >= 0.6 is 0 Å². The average Bonchev–Trinajstić information content (AvgIpc) is 2.39. The van der Waals surface area contributed by atoms with Crippen molar-refractivity contribution in [2.45, 2.75) is 0 Å². The van der Waals surface area contributed by atoms with Crippen LogP contribution < -0.4 is 4.90 Å². The van der Waals surface area contributed by atoms with Crippen LogP contribution in [0, 0.1) is 0 Å². The Balaban J connectivity index is 2.52. The van der Waals surface area contributed by atoms with Gasteiger partial charge >= 0.3 is 0 Å². The summed E-state index contributed by atoms with van der Waals surface area (Å²) in [5, 5.41) is 0. The maximum atomic E-state index is 3.90. The van der Waals surface area contributed by atoms with E-state index in [4.69, 9.17) is 0 Å². The Bertz CT molecular complexity index is 512. The molecular weight excluding hydrogens is 206 g/mol. The van der Waals surface area contributed by atoms with E-state index in [0.29, 0.717) is 0 Å². The van der Waals surface area contributed by atoms with Crippen LogP contribution in [-0.4, -0.2) is 14.1 Å². The van der Waals surface area contributed by atoms with E-state index in [1.54, 1.807) is 0 Å². The fourth-order valence-corrected chi connectivity index (χ4v) is 1.88. The van der Waals surface area contributed by atoms with Crippen molar-refractivity contribution < 1.29 is 0 Å². The van der Waals surface area contributed by atoms with E-state index < -0.39 is 0 Å². The van der Waals surface area contributed by atoms with Crippen LogP contribution in [0.4, 0.5) is 5.69 Å². The standard InChI is InChI=1S/C16H17N/c1-4-13-12-15(17(2)3)10-11-16(13)14-8-6-5-7-9-14/h4-12H,1H2,2-3H3. The maximum absolute atomic E-state index is 3.90. The molecule has 0 radical (unpaired) electrons. The van der Waals surface area contributed by atoms with Crippen molar-refractivity contribution in [3.05, 3.63) is 60.7 Å². The largest absolute Gasteiger partial charge is 0.378 e. The molecule has 0 bridgehead atoms. The molecule has 0 atom stereocenters. The third-order valence-electron chi connectivity index (χ3n) is 2.86. The fourth-order valence-electron chi connectivity index (χ4n) is 1.88. The fraction of sp³-hybridized carbons (Fsp3) is 0.125. The maximum Gasteiger partial charge on any atom is 0.0367 e.